The Labute approximate surface area is 120 Å². The van der Waals surface area contributed by atoms with Gasteiger partial charge in [0.05, 0.1) is 0 Å². The van der Waals surface area contributed by atoms with Crippen molar-refractivity contribution in [2.75, 3.05) is 18.1 Å². The number of nitrogens with two attached hydrogens (primary N) is 1. The minimum absolute atomic E-state index is 0.0561. The number of ether oxygens (including phenoxy) is 2. The van der Waals surface area contributed by atoms with Crippen LogP contribution in [0.25, 0.3) is 0 Å². The van der Waals surface area contributed by atoms with Crippen molar-refractivity contribution in [2.45, 2.75) is 11.0 Å². The second-order valence-electron chi connectivity index (χ2n) is 4.53. The van der Waals surface area contributed by atoms with E-state index in [1.165, 1.54) is 23.9 Å². The minimum atomic E-state index is -0.321. The van der Waals surface area contributed by atoms with E-state index in [0.717, 1.165) is 16.4 Å². The van der Waals surface area contributed by atoms with Crippen molar-refractivity contribution in [3.63, 3.8) is 0 Å². The summed E-state index contributed by atoms with van der Waals surface area (Å²) < 4.78 is 24.7. The van der Waals surface area contributed by atoms with Crippen LogP contribution < -0.4 is 15.2 Å². The Morgan fingerprint density at radius 2 is 2.00 bits per heavy atom. The highest BCUT2D eigenvalue weighted by atomic mass is 32.2. The number of hydrogen-bond acceptors (Lipinski definition) is 4. The normalized spacial score (nSPS) is 16.9. The van der Waals surface area contributed by atoms with Gasteiger partial charge in [-0.2, -0.15) is 0 Å². The maximum absolute atomic E-state index is 13.2. The number of para-hydroxylation sites is 2. The highest BCUT2D eigenvalue weighted by molar-refractivity contribution is 7.99. The molecule has 5 heteroatoms. The number of nitrogen functional groups attached to an aromatic ring is 1. The Kier molecular flexibility index (Phi) is 3.69. The zero-order valence-electron chi connectivity index (χ0n) is 10.7. The van der Waals surface area contributed by atoms with Crippen molar-refractivity contribution in [1.29, 1.82) is 0 Å². The van der Waals surface area contributed by atoms with Crippen LogP contribution in [0.15, 0.2) is 47.4 Å². The second kappa shape index (κ2) is 5.63. The number of thioether (sulfide) groups is 1. The molecule has 0 aliphatic carbocycles. The highest BCUT2D eigenvalue weighted by Crippen LogP contribution is 2.32. The molecule has 1 atom stereocenters. The number of hydrogen-bond donors (Lipinski definition) is 1. The summed E-state index contributed by atoms with van der Waals surface area (Å²) in [6, 6.07) is 12.1. The number of rotatable bonds is 3. The summed E-state index contributed by atoms with van der Waals surface area (Å²) in [7, 11) is 0. The molecule has 0 radical (unpaired) electrons. The topological polar surface area (TPSA) is 44.5 Å². The molecule has 104 valence electrons. The number of anilines is 1. The van der Waals surface area contributed by atoms with Gasteiger partial charge in [0.1, 0.15) is 18.5 Å². The van der Waals surface area contributed by atoms with Gasteiger partial charge in [-0.05, 0) is 30.3 Å². The van der Waals surface area contributed by atoms with Gasteiger partial charge in [0.25, 0.3) is 0 Å². The first-order chi connectivity index (χ1) is 9.70. The first-order valence-corrected chi connectivity index (χ1v) is 7.26. The summed E-state index contributed by atoms with van der Waals surface area (Å²) >= 11 is 1.50. The maximum atomic E-state index is 13.2. The van der Waals surface area contributed by atoms with Gasteiger partial charge < -0.3 is 15.2 Å². The van der Waals surface area contributed by atoms with Crippen molar-refractivity contribution in [3.05, 3.63) is 48.3 Å². The van der Waals surface area contributed by atoms with Crippen LogP contribution in [0.3, 0.4) is 0 Å². The van der Waals surface area contributed by atoms with Crippen molar-refractivity contribution in [3.8, 4) is 11.5 Å². The first kappa shape index (κ1) is 13.1. The largest absolute Gasteiger partial charge is 0.486 e. The molecular weight excluding hydrogens is 277 g/mol. The van der Waals surface area contributed by atoms with Gasteiger partial charge in [-0.3, -0.25) is 0 Å². The lowest BCUT2D eigenvalue weighted by atomic mass is 10.3. The Balaban J connectivity index is 1.62. The molecule has 0 amide bonds. The average Bonchev–Trinajstić information content (AvgIpc) is 2.44. The summed E-state index contributed by atoms with van der Waals surface area (Å²) in [6.07, 6.45) is -0.0561. The molecule has 2 aromatic carbocycles. The molecule has 3 nitrogen and oxygen atoms in total. The molecule has 1 unspecified atom stereocenters. The fraction of sp³-hybridized carbons (Fsp3) is 0.200. The molecule has 3 rings (SSSR count). The Morgan fingerprint density at radius 3 is 2.80 bits per heavy atom. The standard InChI is InChI=1S/C15H14FNO2S/c16-10-5-11(17)7-13(6-10)20-9-12-8-18-14-3-1-2-4-15(14)19-12/h1-7,12H,8-9,17H2. The van der Waals surface area contributed by atoms with Gasteiger partial charge in [-0.25, -0.2) is 4.39 Å². The van der Waals surface area contributed by atoms with E-state index in [1.807, 2.05) is 24.3 Å². The van der Waals surface area contributed by atoms with Crippen LogP contribution in [0.1, 0.15) is 0 Å². The van der Waals surface area contributed by atoms with Crippen LogP contribution in [0.2, 0.25) is 0 Å². The van der Waals surface area contributed by atoms with Crippen LogP contribution in [0.4, 0.5) is 10.1 Å². The van der Waals surface area contributed by atoms with Crippen LogP contribution in [0, 0.1) is 5.82 Å². The third-order valence-corrected chi connectivity index (χ3v) is 4.00. The smallest absolute Gasteiger partial charge is 0.161 e. The first-order valence-electron chi connectivity index (χ1n) is 6.28. The molecule has 0 aromatic heterocycles. The summed E-state index contributed by atoms with van der Waals surface area (Å²) in [5.41, 5.74) is 6.05. The van der Waals surface area contributed by atoms with E-state index < -0.39 is 0 Å². The Hall–Kier alpha value is -1.88. The Bertz CT molecular complexity index is 600. The molecule has 1 heterocycles. The molecule has 0 saturated carbocycles. The van der Waals surface area contributed by atoms with Crippen molar-refractivity contribution >= 4 is 17.4 Å². The molecule has 0 spiro atoms. The third kappa shape index (κ3) is 2.99. The molecule has 0 saturated heterocycles. The van der Waals surface area contributed by atoms with E-state index in [-0.39, 0.29) is 11.9 Å². The molecule has 2 aromatic rings. The molecule has 1 aliphatic rings. The van der Waals surface area contributed by atoms with E-state index in [1.54, 1.807) is 6.07 Å². The van der Waals surface area contributed by atoms with Crippen molar-refractivity contribution < 1.29 is 13.9 Å². The molecule has 0 fully saturated rings. The SMILES string of the molecule is Nc1cc(F)cc(SCC2COc3ccccc3O2)c1. The van der Waals surface area contributed by atoms with Gasteiger partial charge in [0, 0.05) is 16.3 Å². The third-order valence-electron chi connectivity index (χ3n) is 2.90. The van der Waals surface area contributed by atoms with E-state index >= 15 is 0 Å². The van der Waals surface area contributed by atoms with E-state index in [9.17, 15) is 4.39 Å². The molecular formula is C15H14FNO2S. The van der Waals surface area contributed by atoms with Crippen molar-refractivity contribution in [1.82, 2.24) is 0 Å². The minimum Gasteiger partial charge on any atom is -0.486 e. The molecule has 1 aliphatic heterocycles. The van der Waals surface area contributed by atoms with Gasteiger partial charge in [-0.1, -0.05) is 12.1 Å². The summed E-state index contributed by atoms with van der Waals surface area (Å²) in [6.45, 7) is 0.495. The lowest BCUT2D eigenvalue weighted by Gasteiger charge is -2.26. The van der Waals surface area contributed by atoms with E-state index in [0.29, 0.717) is 18.0 Å². The van der Waals surface area contributed by atoms with E-state index in [2.05, 4.69) is 0 Å². The van der Waals surface area contributed by atoms with Gasteiger partial charge in [-0.15, -0.1) is 11.8 Å². The zero-order chi connectivity index (χ0) is 13.9. The number of halogens is 1. The van der Waals surface area contributed by atoms with Crippen LogP contribution in [-0.2, 0) is 0 Å². The lowest BCUT2D eigenvalue weighted by molar-refractivity contribution is 0.107. The molecule has 20 heavy (non-hydrogen) atoms. The summed E-state index contributed by atoms with van der Waals surface area (Å²) in [4.78, 5) is 0.796. The fourth-order valence-electron chi connectivity index (χ4n) is 2.00. The van der Waals surface area contributed by atoms with Gasteiger partial charge in [0.15, 0.2) is 11.5 Å². The molecule has 2 N–H and O–H groups in total. The number of benzene rings is 2. The zero-order valence-corrected chi connectivity index (χ0v) is 11.5. The lowest BCUT2D eigenvalue weighted by Crippen LogP contribution is -2.31. The maximum Gasteiger partial charge on any atom is 0.161 e. The van der Waals surface area contributed by atoms with Crippen molar-refractivity contribution in [2.24, 2.45) is 0 Å². The van der Waals surface area contributed by atoms with E-state index in [4.69, 9.17) is 15.2 Å². The van der Waals surface area contributed by atoms with Crippen LogP contribution in [-0.4, -0.2) is 18.5 Å². The highest BCUT2D eigenvalue weighted by Gasteiger charge is 2.20. The predicted molar refractivity (Wildman–Crippen MR) is 77.9 cm³/mol. The Morgan fingerprint density at radius 1 is 1.20 bits per heavy atom. The monoisotopic (exact) mass is 291 g/mol. The van der Waals surface area contributed by atoms with Gasteiger partial charge in [0.2, 0.25) is 0 Å². The summed E-state index contributed by atoms with van der Waals surface area (Å²) in [5, 5.41) is 0. The molecule has 0 bridgehead atoms. The van der Waals surface area contributed by atoms with Gasteiger partial charge >= 0.3 is 0 Å². The second-order valence-corrected chi connectivity index (χ2v) is 5.62. The quantitative estimate of drug-likeness (QED) is 0.696. The number of fused-ring (bicyclic) bond motifs is 1. The average molecular weight is 291 g/mol. The van der Waals surface area contributed by atoms with Crippen LogP contribution in [0.5, 0.6) is 11.5 Å². The predicted octanol–water partition coefficient (Wildman–Crippen LogP) is 3.34. The fourth-order valence-corrected chi connectivity index (χ4v) is 2.96. The van der Waals surface area contributed by atoms with Crippen LogP contribution >= 0.6 is 11.8 Å². The summed E-state index contributed by atoms with van der Waals surface area (Å²) in [5.74, 6) is 1.88.